The minimum atomic E-state index is -1.10. The van der Waals surface area contributed by atoms with E-state index in [0.29, 0.717) is 12.5 Å². The molecule has 3 aromatic rings. The first-order chi connectivity index (χ1) is 11.2. The summed E-state index contributed by atoms with van der Waals surface area (Å²) in [6, 6.07) is 1.97. The summed E-state index contributed by atoms with van der Waals surface area (Å²) in [5.74, 6) is -0.562. The van der Waals surface area contributed by atoms with E-state index in [-0.39, 0.29) is 5.69 Å². The monoisotopic (exact) mass is 314 g/mol. The van der Waals surface area contributed by atoms with Crippen LogP contribution in [0.3, 0.4) is 0 Å². The fourth-order valence-electron chi connectivity index (χ4n) is 2.58. The van der Waals surface area contributed by atoms with Gasteiger partial charge in [0.1, 0.15) is 0 Å². The van der Waals surface area contributed by atoms with E-state index in [1.54, 1.807) is 10.7 Å². The lowest BCUT2D eigenvalue weighted by Crippen LogP contribution is -2.29. The van der Waals surface area contributed by atoms with Crippen molar-refractivity contribution in [1.29, 1.82) is 0 Å². The number of hydrogen-bond acceptors (Lipinski definition) is 6. The van der Waals surface area contributed by atoms with Gasteiger partial charge in [0.15, 0.2) is 11.3 Å². The average molecular weight is 314 g/mol. The van der Waals surface area contributed by atoms with Gasteiger partial charge in [-0.1, -0.05) is 5.21 Å². The highest BCUT2D eigenvalue weighted by molar-refractivity contribution is 5.84. The first-order valence-corrected chi connectivity index (χ1v) is 7.22. The molecule has 3 aromatic heterocycles. The first-order valence-electron chi connectivity index (χ1n) is 7.22. The molecule has 0 bridgehead atoms. The molecule has 0 amide bonds. The second kappa shape index (κ2) is 5.43. The van der Waals surface area contributed by atoms with Crippen molar-refractivity contribution < 1.29 is 14.6 Å². The topological polar surface area (TPSA) is 107 Å². The third kappa shape index (κ3) is 2.66. The molecule has 0 spiro atoms. The molecule has 4 rings (SSSR count). The Kier molecular flexibility index (Phi) is 3.27. The Labute approximate surface area is 130 Å². The Morgan fingerprint density at radius 2 is 2.26 bits per heavy atom. The first kappa shape index (κ1) is 13.8. The number of carboxylic acids is 1. The van der Waals surface area contributed by atoms with E-state index in [9.17, 15) is 4.79 Å². The normalized spacial score (nSPS) is 15.0. The molecule has 0 aromatic carbocycles. The number of nitrogens with zero attached hydrogens (tertiary/aromatic N) is 6. The molecule has 4 heterocycles. The predicted octanol–water partition coefficient (Wildman–Crippen LogP) is 0.256. The molecule has 0 atom stereocenters. The molecule has 0 aliphatic carbocycles. The third-order valence-corrected chi connectivity index (χ3v) is 3.79. The predicted molar refractivity (Wildman–Crippen MR) is 77.1 cm³/mol. The Balaban J connectivity index is 1.60. The largest absolute Gasteiger partial charge is 0.476 e. The van der Waals surface area contributed by atoms with E-state index in [1.165, 1.54) is 10.9 Å². The second-order valence-corrected chi connectivity index (χ2v) is 5.57. The molecule has 1 fully saturated rings. The third-order valence-electron chi connectivity index (χ3n) is 3.79. The van der Waals surface area contributed by atoms with E-state index >= 15 is 0 Å². The number of carbonyl (C=O) groups is 1. The Morgan fingerprint density at radius 1 is 1.39 bits per heavy atom. The van der Waals surface area contributed by atoms with E-state index in [1.807, 2.05) is 12.3 Å². The minimum absolute atomic E-state index is 0.0856. The number of aromatic nitrogens is 6. The van der Waals surface area contributed by atoms with Crippen molar-refractivity contribution in [3.05, 3.63) is 41.6 Å². The second-order valence-electron chi connectivity index (χ2n) is 5.57. The number of carboxylic acid groups (broad SMARTS) is 1. The van der Waals surface area contributed by atoms with Gasteiger partial charge in [0, 0.05) is 12.1 Å². The van der Waals surface area contributed by atoms with Crippen LogP contribution in [-0.2, 0) is 17.7 Å². The lowest BCUT2D eigenvalue weighted by Gasteiger charge is -2.25. The van der Waals surface area contributed by atoms with Crippen LogP contribution >= 0.6 is 0 Å². The van der Waals surface area contributed by atoms with Gasteiger partial charge in [0.25, 0.3) is 0 Å². The van der Waals surface area contributed by atoms with Crippen molar-refractivity contribution in [1.82, 2.24) is 29.6 Å². The molecule has 1 aliphatic rings. The van der Waals surface area contributed by atoms with Gasteiger partial charge < -0.3 is 9.84 Å². The molecule has 1 N–H and O–H groups in total. The molecule has 9 heteroatoms. The highest BCUT2D eigenvalue weighted by atomic mass is 16.5. The fraction of sp³-hybridized carbons (Fsp3) is 0.357. The minimum Gasteiger partial charge on any atom is -0.476 e. The number of hydrogen-bond donors (Lipinski definition) is 1. The summed E-state index contributed by atoms with van der Waals surface area (Å²) in [6.07, 6.45) is 5.87. The fourth-order valence-corrected chi connectivity index (χ4v) is 2.58. The van der Waals surface area contributed by atoms with Crippen molar-refractivity contribution >= 4 is 11.6 Å². The standard InChI is InChI=1S/C14H14N6O3/c21-14(22)12-6-19(18-17-12)4-11-5-20-13(16-11)10(1-2-15-20)3-9-7-23-8-9/h1-2,5-6,9H,3-4,7-8H2,(H,21,22). The maximum Gasteiger partial charge on any atom is 0.358 e. The molecular weight excluding hydrogens is 300 g/mol. The lowest BCUT2D eigenvalue weighted by molar-refractivity contribution is -0.0311. The Morgan fingerprint density at radius 3 is 2.96 bits per heavy atom. The van der Waals surface area contributed by atoms with Crippen LogP contribution in [0.4, 0.5) is 0 Å². The number of rotatable bonds is 5. The van der Waals surface area contributed by atoms with Crippen LogP contribution in [0.2, 0.25) is 0 Å². The highest BCUT2D eigenvalue weighted by Crippen LogP contribution is 2.19. The van der Waals surface area contributed by atoms with Crippen molar-refractivity contribution in [2.45, 2.75) is 13.0 Å². The van der Waals surface area contributed by atoms with Crippen LogP contribution in [0.1, 0.15) is 21.7 Å². The van der Waals surface area contributed by atoms with E-state index < -0.39 is 5.97 Å². The van der Waals surface area contributed by atoms with Crippen molar-refractivity contribution in [3.8, 4) is 0 Å². The number of fused-ring (bicyclic) bond motifs is 1. The van der Waals surface area contributed by atoms with E-state index in [0.717, 1.165) is 36.5 Å². The van der Waals surface area contributed by atoms with Crippen LogP contribution in [0.5, 0.6) is 0 Å². The zero-order valence-corrected chi connectivity index (χ0v) is 12.2. The van der Waals surface area contributed by atoms with Crippen molar-refractivity contribution in [3.63, 3.8) is 0 Å². The van der Waals surface area contributed by atoms with Crippen LogP contribution in [0, 0.1) is 5.92 Å². The van der Waals surface area contributed by atoms with Crippen LogP contribution in [-0.4, -0.2) is 53.9 Å². The summed E-state index contributed by atoms with van der Waals surface area (Å²) in [4.78, 5) is 15.4. The molecular formula is C14H14N6O3. The van der Waals surface area contributed by atoms with Gasteiger partial charge in [0.05, 0.1) is 37.8 Å². The van der Waals surface area contributed by atoms with Gasteiger partial charge in [-0.2, -0.15) is 5.10 Å². The van der Waals surface area contributed by atoms with E-state index in [2.05, 4.69) is 20.4 Å². The molecule has 118 valence electrons. The maximum absolute atomic E-state index is 10.8. The SMILES string of the molecule is O=C(O)c1cn(Cc2cn3nccc(CC4COC4)c3n2)nn1. The van der Waals surface area contributed by atoms with Gasteiger partial charge in [-0.15, -0.1) is 5.10 Å². The average Bonchev–Trinajstić information content (AvgIpc) is 3.09. The number of ether oxygens (including phenoxy) is 1. The zero-order chi connectivity index (χ0) is 15.8. The summed E-state index contributed by atoms with van der Waals surface area (Å²) < 4.78 is 8.40. The van der Waals surface area contributed by atoms with Crippen molar-refractivity contribution in [2.75, 3.05) is 13.2 Å². The van der Waals surface area contributed by atoms with Crippen LogP contribution < -0.4 is 0 Å². The molecule has 23 heavy (non-hydrogen) atoms. The molecule has 0 saturated carbocycles. The van der Waals surface area contributed by atoms with Gasteiger partial charge in [0.2, 0.25) is 0 Å². The molecule has 1 saturated heterocycles. The van der Waals surface area contributed by atoms with Crippen molar-refractivity contribution in [2.24, 2.45) is 5.92 Å². The molecule has 0 radical (unpaired) electrons. The van der Waals surface area contributed by atoms with Gasteiger partial charge in [-0.25, -0.2) is 19.0 Å². The van der Waals surface area contributed by atoms with Crippen LogP contribution in [0.15, 0.2) is 24.7 Å². The summed E-state index contributed by atoms with van der Waals surface area (Å²) >= 11 is 0. The Bertz CT molecular complexity index is 866. The smallest absolute Gasteiger partial charge is 0.358 e. The van der Waals surface area contributed by atoms with Gasteiger partial charge >= 0.3 is 5.97 Å². The highest BCUT2D eigenvalue weighted by Gasteiger charge is 2.20. The summed E-state index contributed by atoms with van der Waals surface area (Å²) in [5, 5.41) is 20.5. The molecule has 9 nitrogen and oxygen atoms in total. The maximum atomic E-state index is 10.8. The summed E-state index contributed by atoms with van der Waals surface area (Å²) in [6.45, 7) is 1.92. The summed E-state index contributed by atoms with van der Waals surface area (Å²) in [7, 11) is 0. The van der Waals surface area contributed by atoms with Gasteiger partial charge in [-0.05, 0) is 18.1 Å². The quantitative estimate of drug-likeness (QED) is 0.719. The Hall–Kier alpha value is -2.81. The zero-order valence-electron chi connectivity index (χ0n) is 12.2. The lowest BCUT2D eigenvalue weighted by atomic mass is 9.99. The number of imidazole rings is 1. The summed E-state index contributed by atoms with van der Waals surface area (Å²) in [5.41, 5.74) is 2.60. The molecule has 1 aliphatic heterocycles. The molecule has 0 unspecified atom stereocenters. The van der Waals surface area contributed by atoms with E-state index in [4.69, 9.17) is 9.84 Å². The van der Waals surface area contributed by atoms with Crippen LogP contribution in [0.25, 0.3) is 5.65 Å². The number of aromatic carboxylic acids is 1. The van der Waals surface area contributed by atoms with Gasteiger partial charge in [-0.3, -0.25) is 0 Å².